The van der Waals surface area contributed by atoms with E-state index in [4.69, 9.17) is 0 Å². The van der Waals surface area contributed by atoms with Crippen molar-refractivity contribution in [1.29, 1.82) is 0 Å². The van der Waals surface area contributed by atoms with Crippen molar-refractivity contribution in [2.75, 3.05) is 0 Å². The molecule has 0 aliphatic rings. The van der Waals surface area contributed by atoms with Crippen LogP contribution in [0.2, 0.25) is 0 Å². The third-order valence-electron chi connectivity index (χ3n) is 2.58. The van der Waals surface area contributed by atoms with Gasteiger partial charge in [0.1, 0.15) is 0 Å². The van der Waals surface area contributed by atoms with Crippen LogP contribution < -0.4 is 0 Å². The number of hydrogen-bond donors (Lipinski definition) is 0. The zero-order valence-electron chi connectivity index (χ0n) is 9.10. The second kappa shape index (κ2) is 4.51. The van der Waals surface area contributed by atoms with Gasteiger partial charge < -0.3 is 0 Å². The molecule has 1 aromatic carbocycles. The van der Waals surface area contributed by atoms with Crippen molar-refractivity contribution >= 4 is 5.78 Å². The molecule has 0 saturated heterocycles. The highest BCUT2D eigenvalue weighted by Gasteiger charge is 2.15. The fourth-order valence-electron chi connectivity index (χ4n) is 1.60. The number of hydrogen-bond acceptors (Lipinski definition) is 1. The first-order valence-electron chi connectivity index (χ1n) is 4.89. The van der Waals surface area contributed by atoms with Gasteiger partial charge >= 0.3 is 0 Å². The molecule has 0 N–H and O–H groups in total. The molecule has 0 unspecified atom stereocenters. The molecule has 15 heavy (non-hydrogen) atoms. The summed E-state index contributed by atoms with van der Waals surface area (Å²) in [7, 11) is 0. The first-order chi connectivity index (χ1) is 6.97. The normalized spacial score (nSPS) is 10.8. The Morgan fingerprint density at radius 1 is 1.40 bits per heavy atom. The topological polar surface area (TPSA) is 17.1 Å². The Bertz CT molecular complexity index is 383. The zero-order chi connectivity index (χ0) is 11.6. The molecule has 0 amide bonds. The number of Topliss-reactive ketones (excluding diaryl/α,β-unsaturated/α-hetero) is 1. The molecule has 0 radical (unpaired) electrons. The first-order valence-corrected chi connectivity index (χ1v) is 4.89. The monoisotopic (exact) mass is 212 g/mol. The first kappa shape index (κ1) is 11.8. The van der Waals surface area contributed by atoms with Crippen LogP contribution in [0.4, 0.5) is 8.78 Å². The number of aryl methyl sites for hydroxylation is 1. The minimum Gasteiger partial charge on any atom is -0.295 e. The highest BCUT2D eigenvalue weighted by Crippen LogP contribution is 2.27. The number of carbonyl (C=O) groups excluding carboxylic acids is 1. The Kier molecular flexibility index (Phi) is 3.56. The summed E-state index contributed by atoms with van der Waals surface area (Å²) in [6, 6.07) is 2.99. The Morgan fingerprint density at radius 2 is 2.00 bits per heavy atom. The van der Waals surface area contributed by atoms with E-state index >= 15 is 0 Å². The number of halogens is 2. The molecule has 0 aromatic heterocycles. The standard InChI is InChI=1S/C12H14F2O/c1-4-9-5-10(8(3)15)6-11(7(9)2)12(13)14/h5-6,12H,4H2,1-3H3. The van der Waals surface area contributed by atoms with Crippen LogP contribution in [0.1, 0.15) is 47.3 Å². The molecule has 1 rings (SSSR count). The van der Waals surface area contributed by atoms with E-state index in [1.807, 2.05) is 6.92 Å². The van der Waals surface area contributed by atoms with Gasteiger partial charge in [-0.2, -0.15) is 0 Å². The second-order valence-corrected chi connectivity index (χ2v) is 3.56. The molecule has 0 bridgehead atoms. The number of rotatable bonds is 3. The molecule has 1 aromatic rings. The molecular formula is C12H14F2O. The number of benzene rings is 1. The van der Waals surface area contributed by atoms with Gasteiger partial charge in [-0.15, -0.1) is 0 Å². The maximum Gasteiger partial charge on any atom is 0.264 e. The van der Waals surface area contributed by atoms with Crippen molar-refractivity contribution in [3.63, 3.8) is 0 Å². The van der Waals surface area contributed by atoms with Crippen molar-refractivity contribution in [3.05, 3.63) is 34.4 Å². The SMILES string of the molecule is CCc1cc(C(C)=O)cc(C(F)F)c1C. The Morgan fingerprint density at radius 3 is 2.40 bits per heavy atom. The minimum absolute atomic E-state index is 0.0282. The maximum atomic E-state index is 12.7. The van der Waals surface area contributed by atoms with Gasteiger partial charge in [0.15, 0.2) is 5.78 Å². The van der Waals surface area contributed by atoms with Crippen LogP contribution in [0.5, 0.6) is 0 Å². The average molecular weight is 212 g/mol. The van der Waals surface area contributed by atoms with E-state index in [0.29, 0.717) is 17.5 Å². The predicted octanol–water partition coefficient (Wildman–Crippen LogP) is 3.70. The van der Waals surface area contributed by atoms with E-state index in [1.165, 1.54) is 13.0 Å². The molecule has 0 aliphatic carbocycles. The lowest BCUT2D eigenvalue weighted by molar-refractivity contribution is 0.101. The van der Waals surface area contributed by atoms with Gasteiger partial charge in [-0.25, -0.2) is 8.78 Å². The summed E-state index contributed by atoms with van der Waals surface area (Å²) in [6.07, 6.45) is -1.86. The Balaban J connectivity index is 3.38. The third-order valence-corrected chi connectivity index (χ3v) is 2.58. The van der Waals surface area contributed by atoms with Gasteiger partial charge in [-0.05, 0) is 43.5 Å². The van der Waals surface area contributed by atoms with Crippen molar-refractivity contribution < 1.29 is 13.6 Å². The lowest BCUT2D eigenvalue weighted by Gasteiger charge is -2.11. The van der Waals surface area contributed by atoms with E-state index in [1.54, 1.807) is 13.0 Å². The maximum absolute atomic E-state index is 12.7. The van der Waals surface area contributed by atoms with Crippen molar-refractivity contribution in [2.45, 2.75) is 33.6 Å². The Labute approximate surface area is 88.1 Å². The molecule has 3 heteroatoms. The summed E-state index contributed by atoms with van der Waals surface area (Å²) in [5, 5.41) is 0. The van der Waals surface area contributed by atoms with Crippen LogP contribution in [0.25, 0.3) is 0 Å². The third kappa shape index (κ3) is 2.41. The molecule has 0 aliphatic heterocycles. The zero-order valence-corrected chi connectivity index (χ0v) is 9.10. The van der Waals surface area contributed by atoms with Gasteiger partial charge in [0.05, 0.1) is 0 Å². The molecule has 0 heterocycles. The fraction of sp³-hybridized carbons (Fsp3) is 0.417. The summed E-state index contributed by atoms with van der Waals surface area (Å²) in [5.41, 5.74) is 1.75. The lowest BCUT2D eigenvalue weighted by atomic mass is 9.96. The smallest absolute Gasteiger partial charge is 0.264 e. The highest BCUT2D eigenvalue weighted by molar-refractivity contribution is 5.94. The molecule has 82 valence electrons. The van der Waals surface area contributed by atoms with Gasteiger partial charge in [0.2, 0.25) is 0 Å². The van der Waals surface area contributed by atoms with E-state index in [9.17, 15) is 13.6 Å². The van der Waals surface area contributed by atoms with Gasteiger partial charge in [0.25, 0.3) is 6.43 Å². The number of carbonyl (C=O) groups is 1. The summed E-state index contributed by atoms with van der Waals surface area (Å²) in [6.45, 7) is 4.95. The quantitative estimate of drug-likeness (QED) is 0.698. The van der Waals surface area contributed by atoms with Crippen LogP contribution in [0.3, 0.4) is 0 Å². The van der Waals surface area contributed by atoms with Gasteiger partial charge in [0, 0.05) is 11.1 Å². The van der Waals surface area contributed by atoms with Crippen LogP contribution in [0.15, 0.2) is 12.1 Å². The second-order valence-electron chi connectivity index (χ2n) is 3.56. The van der Waals surface area contributed by atoms with Gasteiger partial charge in [-0.1, -0.05) is 6.92 Å². The lowest BCUT2D eigenvalue weighted by Crippen LogP contribution is -2.01. The molecule has 1 nitrogen and oxygen atoms in total. The van der Waals surface area contributed by atoms with E-state index in [2.05, 4.69) is 0 Å². The molecule has 0 fully saturated rings. The number of ketones is 1. The molecule has 0 spiro atoms. The average Bonchev–Trinajstić information content (AvgIpc) is 2.17. The van der Waals surface area contributed by atoms with Crippen LogP contribution in [0, 0.1) is 6.92 Å². The largest absolute Gasteiger partial charge is 0.295 e. The molecule has 0 saturated carbocycles. The van der Waals surface area contributed by atoms with Gasteiger partial charge in [-0.3, -0.25) is 4.79 Å². The minimum atomic E-state index is -2.52. The Hall–Kier alpha value is -1.25. The number of alkyl halides is 2. The van der Waals surface area contributed by atoms with Crippen molar-refractivity contribution in [3.8, 4) is 0 Å². The van der Waals surface area contributed by atoms with Crippen LogP contribution >= 0.6 is 0 Å². The van der Waals surface area contributed by atoms with Crippen LogP contribution in [-0.2, 0) is 6.42 Å². The van der Waals surface area contributed by atoms with E-state index in [0.717, 1.165) is 5.56 Å². The van der Waals surface area contributed by atoms with Crippen molar-refractivity contribution in [1.82, 2.24) is 0 Å². The van der Waals surface area contributed by atoms with E-state index in [-0.39, 0.29) is 11.3 Å². The highest BCUT2D eigenvalue weighted by atomic mass is 19.3. The summed E-state index contributed by atoms with van der Waals surface area (Å²) in [5.74, 6) is -0.174. The summed E-state index contributed by atoms with van der Waals surface area (Å²) < 4.78 is 25.4. The summed E-state index contributed by atoms with van der Waals surface area (Å²) in [4.78, 5) is 11.2. The fourth-order valence-corrected chi connectivity index (χ4v) is 1.60. The van der Waals surface area contributed by atoms with Crippen molar-refractivity contribution in [2.24, 2.45) is 0 Å². The molecular weight excluding hydrogens is 198 g/mol. The van der Waals surface area contributed by atoms with E-state index < -0.39 is 6.43 Å². The predicted molar refractivity (Wildman–Crippen MR) is 55.5 cm³/mol. The van der Waals surface area contributed by atoms with Crippen LogP contribution in [-0.4, -0.2) is 5.78 Å². The summed E-state index contributed by atoms with van der Waals surface area (Å²) >= 11 is 0. The molecule has 0 atom stereocenters.